The standard InChI is InChI=1S/C17H23N5O/c1-13-3-4-14-15(20-13)16(19-12-18-14)22-8-7-21(2)17(11-22)5-9-23-10-6-17/h3-4,12H,5-11H2,1-2H3. The summed E-state index contributed by atoms with van der Waals surface area (Å²) >= 11 is 0. The van der Waals surface area contributed by atoms with Gasteiger partial charge in [0.25, 0.3) is 0 Å². The first-order valence-electron chi connectivity index (χ1n) is 8.30. The maximum atomic E-state index is 5.59. The van der Waals surface area contributed by atoms with Gasteiger partial charge in [-0.2, -0.15) is 0 Å². The van der Waals surface area contributed by atoms with Crippen molar-refractivity contribution in [3.05, 3.63) is 24.2 Å². The molecule has 0 aromatic carbocycles. The molecular formula is C17H23N5O. The quantitative estimate of drug-likeness (QED) is 0.798. The third-order valence-corrected chi connectivity index (χ3v) is 5.33. The highest BCUT2D eigenvalue weighted by atomic mass is 16.5. The molecule has 6 nitrogen and oxygen atoms in total. The number of aryl methyl sites for hydroxylation is 1. The second-order valence-corrected chi connectivity index (χ2v) is 6.70. The molecule has 4 heterocycles. The summed E-state index contributed by atoms with van der Waals surface area (Å²) in [6.07, 6.45) is 3.81. The number of rotatable bonds is 1. The summed E-state index contributed by atoms with van der Waals surface area (Å²) in [7, 11) is 2.24. The molecule has 0 bridgehead atoms. The number of hydrogen-bond donors (Lipinski definition) is 0. The predicted molar refractivity (Wildman–Crippen MR) is 89.7 cm³/mol. The molecule has 2 aliphatic rings. The lowest BCUT2D eigenvalue weighted by Gasteiger charge is -2.51. The zero-order valence-electron chi connectivity index (χ0n) is 13.8. The monoisotopic (exact) mass is 313 g/mol. The average molecular weight is 313 g/mol. The van der Waals surface area contributed by atoms with E-state index in [-0.39, 0.29) is 5.54 Å². The fourth-order valence-corrected chi connectivity index (χ4v) is 3.79. The van der Waals surface area contributed by atoms with Crippen molar-refractivity contribution in [1.29, 1.82) is 0 Å². The molecule has 0 N–H and O–H groups in total. The van der Waals surface area contributed by atoms with Gasteiger partial charge in [0, 0.05) is 44.1 Å². The summed E-state index contributed by atoms with van der Waals surface area (Å²) in [6, 6.07) is 4.03. The molecule has 2 aromatic rings. The summed E-state index contributed by atoms with van der Waals surface area (Å²) in [4.78, 5) is 18.5. The molecule has 0 unspecified atom stereocenters. The van der Waals surface area contributed by atoms with Gasteiger partial charge in [0.05, 0.1) is 5.52 Å². The van der Waals surface area contributed by atoms with Gasteiger partial charge in [-0.25, -0.2) is 15.0 Å². The summed E-state index contributed by atoms with van der Waals surface area (Å²) in [5, 5.41) is 0. The summed E-state index contributed by atoms with van der Waals surface area (Å²) in [5.74, 6) is 0.970. The number of fused-ring (bicyclic) bond motifs is 1. The van der Waals surface area contributed by atoms with Gasteiger partial charge in [-0.15, -0.1) is 0 Å². The third-order valence-electron chi connectivity index (χ3n) is 5.33. The Hall–Kier alpha value is -1.79. The number of pyridine rings is 1. The van der Waals surface area contributed by atoms with Crippen LogP contribution in [-0.2, 0) is 4.74 Å². The predicted octanol–water partition coefficient (Wildman–Crippen LogP) is 1.63. The normalized spacial score (nSPS) is 21.9. The van der Waals surface area contributed by atoms with Crippen LogP contribution in [0.25, 0.3) is 11.0 Å². The van der Waals surface area contributed by atoms with Crippen molar-refractivity contribution < 1.29 is 4.74 Å². The minimum atomic E-state index is 0.192. The SMILES string of the molecule is Cc1ccc2ncnc(N3CCN(C)C4(CCOCC4)C3)c2n1. The summed E-state index contributed by atoms with van der Waals surface area (Å²) < 4.78 is 5.59. The van der Waals surface area contributed by atoms with Crippen LogP contribution >= 0.6 is 0 Å². The maximum Gasteiger partial charge on any atom is 0.158 e. The van der Waals surface area contributed by atoms with E-state index in [1.807, 2.05) is 19.1 Å². The molecule has 2 saturated heterocycles. The zero-order valence-corrected chi connectivity index (χ0v) is 13.8. The lowest BCUT2D eigenvalue weighted by molar-refractivity contribution is -0.0221. The van der Waals surface area contributed by atoms with Crippen LogP contribution < -0.4 is 4.90 Å². The largest absolute Gasteiger partial charge is 0.381 e. The number of likely N-dealkylation sites (N-methyl/N-ethyl adjacent to an activating group) is 1. The van der Waals surface area contributed by atoms with Crippen molar-refractivity contribution in [3.63, 3.8) is 0 Å². The van der Waals surface area contributed by atoms with E-state index >= 15 is 0 Å². The summed E-state index contributed by atoms with van der Waals surface area (Å²) in [5.41, 5.74) is 3.03. The first-order chi connectivity index (χ1) is 11.2. The van der Waals surface area contributed by atoms with Gasteiger partial charge in [0.2, 0.25) is 0 Å². The highest BCUT2D eigenvalue weighted by molar-refractivity contribution is 5.85. The van der Waals surface area contributed by atoms with E-state index in [0.29, 0.717) is 0 Å². The number of ether oxygens (including phenoxy) is 1. The number of aromatic nitrogens is 3. The topological polar surface area (TPSA) is 54.4 Å². The molecule has 6 heteroatoms. The van der Waals surface area contributed by atoms with Gasteiger partial charge >= 0.3 is 0 Å². The Morgan fingerprint density at radius 1 is 1.13 bits per heavy atom. The molecule has 0 aliphatic carbocycles. The number of piperazine rings is 1. The first-order valence-corrected chi connectivity index (χ1v) is 8.30. The van der Waals surface area contributed by atoms with Crippen LogP contribution in [0.1, 0.15) is 18.5 Å². The highest BCUT2D eigenvalue weighted by Gasteiger charge is 2.41. The molecule has 1 spiro atoms. The van der Waals surface area contributed by atoms with Crippen LogP contribution in [0.2, 0.25) is 0 Å². The molecule has 0 amide bonds. The molecule has 0 saturated carbocycles. The second kappa shape index (κ2) is 5.69. The highest BCUT2D eigenvalue weighted by Crippen LogP contribution is 2.33. The van der Waals surface area contributed by atoms with Crippen LogP contribution in [0.5, 0.6) is 0 Å². The molecule has 2 aromatic heterocycles. The second-order valence-electron chi connectivity index (χ2n) is 6.70. The van der Waals surface area contributed by atoms with E-state index in [4.69, 9.17) is 9.72 Å². The van der Waals surface area contributed by atoms with Gasteiger partial charge in [-0.05, 0) is 38.9 Å². The number of nitrogens with zero attached hydrogens (tertiary/aromatic N) is 5. The van der Waals surface area contributed by atoms with Crippen molar-refractivity contribution in [1.82, 2.24) is 19.9 Å². The Balaban J connectivity index is 1.72. The van der Waals surface area contributed by atoms with Crippen LogP contribution in [0, 0.1) is 6.92 Å². The van der Waals surface area contributed by atoms with Crippen LogP contribution in [0.4, 0.5) is 5.82 Å². The maximum absolute atomic E-state index is 5.59. The lowest BCUT2D eigenvalue weighted by atomic mass is 9.86. The van der Waals surface area contributed by atoms with Crippen LogP contribution in [0.15, 0.2) is 18.5 Å². The van der Waals surface area contributed by atoms with Crippen LogP contribution in [-0.4, -0.2) is 65.3 Å². The number of anilines is 1. The van der Waals surface area contributed by atoms with Crippen LogP contribution in [0.3, 0.4) is 0 Å². The van der Waals surface area contributed by atoms with E-state index < -0.39 is 0 Å². The third kappa shape index (κ3) is 2.56. The van der Waals surface area contributed by atoms with E-state index in [1.54, 1.807) is 6.33 Å². The van der Waals surface area contributed by atoms with Gasteiger partial charge in [-0.3, -0.25) is 4.90 Å². The Bertz CT molecular complexity index is 713. The van der Waals surface area contributed by atoms with Crippen molar-refractivity contribution >= 4 is 16.9 Å². The molecule has 0 radical (unpaired) electrons. The smallest absolute Gasteiger partial charge is 0.158 e. The van der Waals surface area contributed by atoms with Gasteiger partial charge in [0.1, 0.15) is 11.8 Å². The molecule has 4 rings (SSSR count). The summed E-state index contributed by atoms with van der Waals surface area (Å²) in [6.45, 7) is 6.70. The molecule has 2 aliphatic heterocycles. The first kappa shape index (κ1) is 14.8. The number of hydrogen-bond acceptors (Lipinski definition) is 6. The Morgan fingerprint density at radius 2 is 1.96 bits per heavy atom. The molecule has 2 fully saturated rings. The van der Waals surface area contributed by atoms with E-state index in [0.717, 1.165) is 68.2 Å². The van der Waals surface area contributed by atoms with Crippen molar-refractivity contribution in [2.45, 2.75) is 25.3 Å². The van der Waals surface area contributed by atoms with E-state index in [1.165, 1.54) is 0 Å². The zero-order chi connectivity index (χ0) is 15.9. The Kier molecular flexibility index (Phi) is 3.66. The molecule has 122 valence electrons. The van der Waals surface area contributed by atoms with E-state index in [2.05, 4.69) is 26.8 Å². The minimum Gasteiger partial charge on any atom is -0.381 e. The fourth-order valence-electron chi connectivity index (χ4n) is 3.79. The molecular weight excluding hydrogens is 290 g/mol. The van der Waals surface area contributed by atoms with Gasteiger partial charge in [0.15, 0.2) is 5.82 Å². The molecule has 23 heavy (non-hydrogen) atoms. The van der Waals surface area contributed by atoms with Crippen molar-refractivity contribution in [2.24, 2.45) is 0 Å². The minimum absolute atomic E-state index is 0.192. The lowest BCUT2D eigenvalue weighted by Crippen LogP contribution is -2.63. The average Bonchev–Trinajstić information content (AvgIpc) is 2.58. The van der Waals surface area contributed by atoms with Gasteiger partial charge < -0.3 is 9.64 Å². The Labute approximate surface area is 136 Å². The van der Waals surface area contributed by atoms with Crippen molar-refractivity contribution in [2.75, 3.05) is 44.8 Å². The Morgan fingerprint density at radius 3 is 2.78 bits per heavy atom. The van der Waals surface area contributed by atoms with E-state index in [9.17, 15) is 0 Å². The fraction of sp³-hybridized carbons (Fsp3) is 0.588. The van der Waals surface area contributed by atoms with Gasteiger partial charge in [-0.1, -0.05) is 0 Å². The molecule has 0 atom stereocenters. The van der Waals surface area contributed by atoms with Crippen molar-refractivity contribution in [3.8, 4) is 0 Å².